The van der Waals surface area contributed by atoms with Crippen molar-refractivity contribution in [3.63, 3.8) is 0 Å². The van der Waals surface area contributed by atoms with Crippen molar-refractivity contribution < 1.29 is 18.8 Å². The van der Waals surface area contributed by atoms with Gasteiger partial charge in [-0.15, -0.1) is 0 Å². The fourth-order valence-electron chi connectivity index (χ4n) is 2.64. The van der Waals surface area contributed by atoms with E-state index in [4.69, 9.17) is 4.74 Å². The molecule has 0 saturated heterocycles. The van der Waals surface area contributed by atoms with Gasteiger partial charge in [0.2, 0.25) is 0 Å². The van der Waals surface area contributed by atoms with Crippen molar-refractivity contribution in [2.24, 2.45) is 0 Å². The fourth-order valence-corrected chi connectivity index (χ4v) is 2.64. The lowest BCUT2D eigenvalue weighted by atomic mass is 10.2. The van der Waals surface area contributed by atoms with Gasteiger partial charge >= 0.3 is 0 Å². The molecule has 0 radical (unpaired) electrons. The van der Waals surface area contributed by atoms with Gasteiger partial charge in [0.1, 0.15) is 0 Å². The van der Waals surface area contributed by atoms with Crippen LogP contribution in [0.5, 0.6) is 5.75 Å². The Hall–Kier alpha value is -3.16. The number of amides is 1. The first-order valence-corrected chi connectivity index (χ1v) is 8.55. The quantitative estimate of drug-likeness (QED) is 0.557. The molecule has 0 aliphatic rings. The molecule has 0 aromatic heterocycles. The monoisotopic (exact) mass is 375 g/mol. The van der Waals surface area contributed by atoms with Crippen LogP contribution >= 0.6 is 0 Å². The first kappa shape index (κ1) is 20.2. The van der Waals surface area contributed by atoms with Gasteiger partial charge in [-0.1, -0.05) is 0 Å². The topological polar surface area (TPSA) is 84.7 Å². The van der Waals surface area contributed by atoms with Crippen molar-refractivity contribution in [1.29, 1.82) is 0 Å². The zero-order valence-corrected chi connectivity index (χ0v) is 15.4. The molecule has 1 amide bonds. The number of non-ortho nitro benzene ring substituents is 1. The van der Waals surface area contributed by atoms with Crippen LogP contribution in [0.1, 0.15) is 20.8 Å². The number of nitro groups is 1. The Morgan fingerprint density at radius 1 is 1.26 bits per heavy atom. The molecule has 7 nitrogen and oxygen atoms in total. The first-order chi connectivity index (χ1) is 12.8. The third-order valence-electron chi connectivity index (χ3n) is 3.93. The fraction of sp³-hybridized carbons (Fsp3) is 0.316. The van der Waals surface area contributed by atoms with Gasteiger partial charge in [-0.3, -0.25) is 14.9 Å². The van der Waals surface area contributed by atoms with Crippen LogP contribution in [-0.2, 0) is 4.79 Å². The van der Waals surface area contributed by atoms with Gasteiger partial charge in [0.25, 0.3) is 11.6 Å². The molecule has 0 unspecified atom stereocenters. The molecule has 0 aliphatic heterocycles. The summed E-state index contributed by atoms with van der Waals surface area (Å²) in [6, 6.07) is 10.7. The highest BCUT2D eigenvalue weighted by molar-refractivity contribution is 5.92. The van der Waals surface area contributed by atoms with Crippen LogP contribution in [0.4, 0.5) is 21.5 Å². The van der Waals surface area contributed by atoms with E-state index < -0.39 is 23.3 Å². The Kier molecular flexibility index (Phi) is 6.70. The number of hydrogen-bond donors (Lipinski definition) is 1. The highest BCUT2D eigenvalue weighted by Crippen LogP contribution is 2.23. The Balaban J connectivity index is 1.93. The van der Waals surface area contributed by atoms with E-state index in [2.05, 4.69) is 31.0 Å². The van der Waals surface area contributed by atoms with Crippen molar-refractivity contribution in [2.45, 2.75) is 26.8 Å². The molecule has 0 fully saturated rings. The summed E-state index contributed by atoms with van der Waals surface area (Å²) >= 11 is 0. The van der Waals surface area contributed by atoms with E-state index >= 15 is 0 Å². The molecule has 0 aliphatic carbocycles. The maximum absolute atomic E-state index is 13.7. The molecular weight excluding hydrogens is 353 g/mol. The summed E-state index contributed by atoms with van der Waals surface area (Å²) in [7, 11) is 0. The number of anilines is 2. The second-order valence-electron chi connectivity index (χ2n) is 6.14. The van der Waals surface area contributed by atoms with E-state index in [0.717, 1.165) is 30.4 Å². The Labute approximate surface area is 156 Å². The van der Waals surface area contributed by atoms with E-state index in [0.29, 0.717) is 11.7 Å². The molecular formula is C19H22FN3O4. The summed E-state index contributed by atoms with van der Waals surface area (Å²) in [6.45, 7) is 6.74. The lowest BCUT2D eigenvalue weighted by Gasteiger charge is -2.27. The second-order valence-corrected chi connectivity index (χ2v) is 6.14. The number of benzene rings is 2. The summed E-state index contributed by atoms with van der Waals surface area (Å²) in [5.41, 5.74) is 1.26. The van der Waals surface area contributed by atoms with Crippen LogP contribution < -0.4 is 15.0 Å². The van der Waals surface area contributed by atoms with Crippen LogP contribution in [-0.4, -0.2) is 30.0 Å². The largest absolute Gasteiger partial charge is 0.481 e. The summed E-state index contributed by atoms with van der Waals surface area (Å²) < 4.78 is 18.8. The van der Waals surface area contributed by atoms with Gasteiger partial charge < -0.3 is 15.0 Å². The molecule has 0 atom stereocenters. The number of rotatable bonds is 8. The highest BCUT2D eigenvalue weighted by atomic mass is 19.1. The number of nitro benzene ring substituents is 1. The molecule has 2 aromatic rings. The molecule has 0 bridgehead atoms. The van der Waals surface area contributed by atoms with Crippen molar-refractivity contribution in [2.75, 3.05) is 23.4 Å². The van der Waals surface area contributed by atoms with Gasteiger partial charge in [0.15, 0.2) is 18.2 Å². The molecule has 0 heterocycles. The summed E-state index contributed by atoms with van der Waals surface area (Å²) in [5, 5.41) is 13.2. The minimum Gasteiger partial charge on any atom is -0.481 e. The molecule has 8 heteroatoms. The molecule has 144 valence electrons. The minimum atomic E-state index is -0.894. The average Bonchev–Trinajstić information content (AvgIpc) is 2.62. The number of hydrogen-bond acceptors (Lipinski definition) is 5. The van der Waals surface area contributed by atoms with Gasteiger partial charge in [-0.25, -0.2) is 4.39 Å². The van der Waals surface area contributed by atoms with Crippen LogP contribution in [0.3, 0.4) is 0 Å². The SMILES string of the molecule is CCN(c1ccc(NC(=O)COc2ccc([N+](=O)[O-])cc2F)cc1)C(C)C. The third kappa shape index (κ3) is 5.40. The Morgan fingerprint density at radius 2 is 1.93 bits per heavy atom. The zero-order chi connectivity index (χ0) is 20.0. The van der Waals surface area contributed by atoms with E-state index in [9.17, 15) is 19.3 Å². The standard InChI is InChI=1S/C19H22FN3O4/c1-4-22(13(2)3)15-7-5-14(6-8-15)21-19(24)12-27-18-10-9-16(23(25)26)11-17(18)20/h5-11,13H,4,12H2,1-3H3,(H,21,24). The molecule has 1 N–H and O–H groups in total. The van der Waals surface area contributed by atoms with Gasteiger partial charge in [-0.2, -0.15) is 0 Å². The van der Waals surface area contributed by atoms with Gasteiger partial charge in [0.05, 0.1) is 11.0 Å². The third-order valence-corrected chi connectivity index (χ3v) is 3.93. The van der Waals surface area contributed by atoms with E-state index in [-0.39, 0.29) is 11.4 Å². The van der Waals surface area contributed by atoms with Crippen LogP contribution in [0, 0.1) is 15.9 Å². The Bertz CT molecular complexity index is 809. The zero-order valence-electron chi connectivity index (χ0n) is 15.4. The van der Waals surface area contributed by atoms with E-state index in [1.807, 2.05) is 12.1 Å². The van der Waals surface area contributed by atoms with Crippen LogP contribution in [0.2, 0.25) is 0 Å². The van der Waals surface area contributed by atoms with Gasteiger partial charge in [0, 0.05) is 30.0 Å². The molecule has 0 spiro atoms. The molecule has 2 aromatic carbocycles. The highest BCUT2D eigenvalue weighted by Gasteiger charge is 2.13. The normalized spacial score (nSPS) is 10.6. The van der Waals surface area contributed by atoms with E-state index in [1.165, 1.54) is 0 Å². The number of halogens is 1. The summed E-state index contributed by atoms with van der Waals surface area (Å²) in [6.07, 6.45) is 0. The van der Waals surface area contributed by atoms with Crippen molar-refractivity contribution in [1.82, 2.24) is 0 Å². The maximum Gasteiger partial charge on any atom is 0.272 e. The molecule has 0 saturated carbocycles. The number of nitrogens with zero attached hydrogens (tertiary/aromatic N) is 2. The van der Waals surface area contributed by atoms with Gasteiger partial charge in [-0.05, 0) is 51.1 Å². The smallest absolute Gasteiger partial charge is 0.272 e. The first-order valence-electron chi connectivity index (χ1n) is 8.55. The lowest BCUT2D eigenvalue weighted by molar-refractivity contribution is -0.385. The minimum absolute atomic E-state index is 0.221. The lowest BCUT2D eigenvalue weighted by Crippen LogP contribution is -2.30. The predicted molar refractivity (Wildman–Crippen MR) is 102 cm³/mol. The number of nitrogens with one attached hydrogen (secondary N) is 1. The number of carbonyl (C=O) groups is 1. The summed E-state index contributed by atoms with van der Waals surface area (Å²) in [5.74, 6) is -1.58. The molecule has 2 rings (SSSR count). The number of ether oxygens (including phenoxy) is 1. The predicted octanol–water partition coefficient (Wildman–Crippen LogP) is 3.99. The number of carbonyl (C=O) groups excluding carboxylic acids is 1. The average molecular weight is 375 g/mol. The Morgan fingerprint density at radius 3 is 2.44 bits per heavy atom. The van der Waals surface area contributed by atoms with Crippen molar-refractivity contribution in [3.8, 4) is 5.75 Å². The molecule has 27 heavy (non-hydrogen) atoms. The van der Waals surface area contributed by atoms with Crippen molar-refractivity contribution in [3.05, 3.63) is 58.4 Å². The van der Waals surface area contributed by atoms with Crippen LogP contribution in [0.15, 0.2) is 42.5 Å². The van der Waals surface area contributed by atoms with E-state index in [1.54, 1.807) is 12.1 Å². The van der Waals surface area contributed by atoms with Crippen LogP contribution in [0.25, 0.3) is 0 Å². The van der Waals surface area contributed by atoms with Crippen molar-refractivity contribution >= 4 is 23.0 Å². The maximum atomic E-state index is 13.7. The summed E-state index contributed by atoms with van der Waals surface area (Å²) in [4.78, 5) is 24.1. The second kappa shape index (κ2) is 8.98.